The summed E-state index contributed by atoms with van der Waals surface area (Å²) in [5, 5.41) is 5.32. The SMILES string of the molecule is CC(C)(CCN)NC(=O)C(=O)NC(C)(C)CCN. The van der Waals surface area contributed by atoms with Crippen LogP contribution in [0.1, 0.15) is 40.5 Å². The average molecular weight is 258 g/mol. The molecule has 18 heavy (non-hydrogen) atoms. The zero-order valence-electron chi connectivity index (χ0n) is 11.8. The molecule has 0 aromatic heterocycles. The summed E-state index contributed by atoms with van der Waals surface area (Å²) in [7, 11) is 0. The zero-order valence-corrected chi connectivity index (χ0v) is 11.8. The first-order chi connectivity index (χ1) is 8.13. The lowest BCUT2D eigenvalue weighted by Gasteiger charge is -2.28. The van der Waals surface area contributed by atoms with Crippen LogP contribution < -0.4 is 22.1 Å². The smallest absolute Gasteiger partial charge is 0.309 e. The minimum absolute atomic E-state index is 0.452. The molecule has 0 atom stereocenters. The Labute approximate surface area is 109 Å². The van der Waals surface area contributed by atoms with Crippen LogP contribution in [0.4, 0.5) is 0 Å². The van der Waals surface area contributed by atoms with E-state index >= 15 is 0 Å². The van der Waals surface area contributed by atoms with Crippen LogP contribution in [-0.4, -0.2) is 36.0 Å². The summed E-state index contributed by atoms with van der Waals surface area (Å²) in [5.74, 6) is -1.28. The van der Waals surface area contributed by atoms with E-state index < -0.39 is 22.9 Å². The van der Waals surface area contributed by atoms with Crippen molar-refractivity contribution in [3.8, 4) is 0 Å². The Balaban J connectivity index is 4.40. The Kier molecular flexibility index (Phi) is 6.28. The maximum atomic E-state index is 11.7. The Morgan fingerprint density at radius 1 is 0.833 bits per heavy atom. The van der Waals surface area contributed by atoms with E-state index in [2.05, 4.69) is 10.6 Å². The summed E-state index contributed by atoms with van der Waals surface area (Å²) < 4.78 is 0. The molecule has 0 aromatic carbocycles. The summed E-state index contributed by atoms with van der Waals surface area (Å²) in [6.45, 7) is 8.22. The molecule has 0 aliphatic rings. The van der Waals surface area contributed by atoms with Crippen molar-refractivity contribution in [1.82, 2.24) is 10.6 Å². The Bertz CT molecular complexity index is 270. The second kappa shape index (κ2) is 6.70. The van der Waals surface area contributed by atoms with Crippen molar-refractivity contribution in [3.63, 3.8) is 0 Å². The van der Waals surface area contributed by atoms with Crippen molar-refractivity contribution in [2.75, 3.05) is 13.1 Å². The largest absolute Gasteiger partial charge is 0.343 e. The Morgan fingerprint density at radius 2 is 1.11 bits per heavy atom. The lowest BCUT2D eigenvalue weighted by atomic mass is 9.99. The molecule has 0 fully saturated rings. The van der Waals surface area contributed by atoms with Gasteiger partial charge in [0.2, 0.25) is 0 Å². The normalized spacial score (nSPS) is 12.1. The van der Waals surface area contributed by atoms with Gasteiger partial charge in [-0.05, 0) is 53.6 Å². The molecule has 0 bridgehead atoms. The molecule has 0 aliphatic heterocycles. The van der Waals surface area contributed by atoms with Crippen LogP contribution in [0.2, 0.25) is 0 Å². The highest BCUT2D eigenvalue weighted by Crippen LogP contribution is 2.08. The van der Waals surface area contributed by atoms with Crippen LogP contribution in [-0.2, 0) is 9.59 Å². The van der Waals surface area contributed by atoms with Crippen molar-refractivity contribution in [2.24, 2.45) is 11.5 Å². The fourth-order valence-electron chi connectivity index (χ4n) is 1.57. The molecule has 0 rings (SSSR count). The molecule has 2 amide bonds. The molecular weight excluding hydrogens is 232 g/mol. The molecule has 0 saturated carbocycles. The lowest BCUT2D eigenvalue weighted by Crippen LogP contribution is -2.54. The van der Waals surface area contributed by atoms with E-state index in [-0.39, 0.29) is 0 Å². The summed E-state index contributed by atoms with van der Waals surface area (Å²) >= 11 is 0. The highest BCUT2D eigenvalue weighted by molar-refractivity contribution is 6.35. The molecule has 0 aromatic rings. The van der Waals surface area contributed by atoms with E-state index in [1.807, 2.05) is 27.7 Å². The Morgan fingerprint density at radius 3 is 1.33 bits per heavy atom. The monoisotopic (exact) mass is 258 g/mol. The van der Waals surface area contributed by atoms with Crippen molar-refractivity contribution in [2.45, 2.75) is 51.6 Å². The van der Waals surface area contributed by atoms with E-state index in [1.165, 1.54) is 0 Å². The zero-order chi connectivity index (χ0) is 14.4. The van der Waals surface area contributed by atoms with E-state index in [1.54, 1.807) is 0 Å². The van der Waals surface area contributed by atoms with Gasteiger partial charge in [0.05, 0.1) is 0 Å². The average Bonchev–Trinajstić information content (AvgIpc) is 2.15. The number of nitrogens with one attached hydrogen (secondary N) is 2. The minimum Gasteiger partial charge on any atom is -0.343 e. The van der Waals surface area contributed by atoms with Gasteiger partial charge in [0, 0.05) is 11.1 Å². The summed E-state index contributed by atoms with van der Waals surface area (Å²) in [6, 6.07) is 0. The number of nitrogens with two attached hydrogens (primary N) is 2. The van der Waals surface area contributed by atoms with Gasteiger partial charge in [-0.25, -0.2) is 0 Å². The van der Waals surface area contributed by atoms with Crippen LogP contribution in [0.15, 0.2) is 0 Å². The number of carbonyl (C=O) groups is 2. The Hall–Kier alpha value is -1.14. The summed E-state index contributed by atoms with van der Waals surface area (Å²) in [4.78, 5) is 23.4. The molecule has 0 unspecified atom stereocenters. The maximum Gasteiger partial charge on any atom is 0.309 e. The molecule has 6 nitrogen and oxygen atoms in total. The van der Waals surface area contributed by atoms with Gasteiger partial charge in [0.1, 0.15) is 0 Å². The third-order valence-electron chi connectivity index (χ3n) is 2.65. The number of hydrogen-bond donors (Lipinski definition) is 4. The van der Waals surface area contributed by atoms with Crippen molar-refractivity contribution >= 4 is 11.8 Å². The first-order valence-corrected chi connectivity index (χ1v) is 6.18. The van der Waals surface area contributed by atoms with Crippen LogP contribution >= 0.6 is 0 Å². The molecule has 0 spiro atoms. The molecule has 6 heteroatoms. The van der Waals surface area contributed by atoms with Gasteiger partial charge in [-0.1, -0.05) is 0 Å². The van der Waals surface area contributed by atoms with Gasteiger partial charge < -0.3 is 22.1 Å². The quantitative estimate of drug-likeness (QED) is 0.480. The molecule has 106 valence electrons. The number of rotatable bonds is 6. The molecule has 0 heterocycles. The molecule has 0 aliphatic carbocycles. The summed E-state index contributed by atoms with van der Waals surface area (Å²) in [5.41, 5.74) is 9.91. The van der Waals surface area contributed by atoms with Gasteiger partial charge in [-0.15, -0.1) is 0 Å². The van der Waals surface area contributed by atoms with Gasteiger partial charge in [-0.3, -0.25) is 9.59 Å². The van der Waals surface area contributed by atoms with Crippen LogP contribution in [0.5, 0.6) is 0 Å². The molecular formula is C12H26N4O2. The van der Waals surface area contributed by atoms with Gasteiger partial charge in [0.15, 0.2) is 0 Å². The van der Waals surface area contributed by atoms with Gasteiger partial charge >= 0.3 is 11.8 Å². The summed E-state index contributed by atoms with van der Waals surface area (Å²) in [6.07, 6.45) is 1.22. The third kappa shape index (κ3) is 6.56. The number of amides is 2. The number of hydrogen-bond acceptors (Lipinski definition) is 4. The second-order valence-electron chi connectivity index (χ2n) is 5.75. The third-order valence-corrected chi connectivity index (χ3v) is 2.65. The van der Waals surface area contributed by atoms with Crippen molar-refractivity contribution in [1.29, 1.82) is 0 Å². The maximum absolute atomic E-state index is 11.7. The lowest BCUT2D eigenvalue weighted by molar-refractivity contribution is -0.141. The predicted octanol–water partition coefficient (Wildman–Crippen LogP) is -0.526. The van der Waals surface area contributed by atoms with Crippen LogP contribution in [0, 0.1) is 0 Å². The second-order valence-corrected chi connectivity index (χ2v) is 5.75. The highest BCUT2D eigenvalue weighted by atomic mass is 16.2. The fourth-order valence-corrected chi connectivity index (χ4v) is 1.57. The van der Waals surface area contributed by atoms with Gasteiger partial charge in [0.25, 0.3) is 0 Å². The van der Waals surface area contributed by atoms with E-state index in [4.69, 9.17) is 11.5 Å². The van der Waals surface area contributed by atoms with Crippen LogP contribution in [0.25, 0.3) is 0 Å². The topological polar surface area (TPSA) is 110 Å². The first kappa shape index (κ1) is 16.9. The number of carbonyl (C=O) groups excluding carboxylic acids is 2. The van der Waals surface area contributed by atoms with E-state index in [0.717, 1.165) is 0 Å². The standard InChI is InChI=1S/C12H26N4O2/c1-11(2,5-7-13)15-9(17)10(18)16-12(3,4)6-8-14/h5-8,13-14H2,1-4H3,(H,15,17)(H,16,18). The van der Waals surface area contributed by atoms with Crippen molar-refractivity contribution < 1.29 is 9.59 Å². The highest BCUT2D eigenvalue weighted by Gasteiger charge is 2.27. The molecule has 6 N–H and O–H groups in total. The molecule has 0 radical (unpaired) electrons. The van der Waals surface area contributed by atoms with E-state index in [0.29, 0.717) is 25.9 Å². The van der Waals surface area contributed by atoms with Crippen molar-refractivity contribution in [3.05, 3.63) is 0 Å². The minimum atomic E-state index is -0.640. The van der Waals surface area contributed by atoms with Gasteiger partial charge in [-0.2, -0.15) is 0 Å². The molecule has 0 saturated heterocycles. The predicted molar refractivity (Wildman–Crippen MR) is 71.8 cm³/mol. The fraction of sp³-hybridized carbons (Fsp3) is 0.833. The van der Waals surface area contributed by atoms with E-state index in [9.17, 15) is 9.59 Å². The van der Waals surface area contributed by atoms with Crippen LogP contribution in [0.3, 0.4) is 0 Å². The first-order valence-electron chi connectivity index (χ1n) is 6.18.